The number of guanidine groups is 1. The van der Waals surface area contributed by atoms with E-state index in [0.717, 1.165) is 25.6 Å². The van der Waals surface area contributed by atoms with Crippen molar-refractivity contribution in [3.05, 3.63) is 0 Å². The maximum atomic E-state index is 12.9. The minimum absolute atomic E-state index is 0. The molecule has 9 heteroatoms. The van der Waals surface area contributed by atoms with Gasteiger partial charge in [-0.05, 0) is 38.1 Å². The van der Waals surface area contributed by atoms with Crippen LogP contribution in [0.2, 0.25) is 0 Å². The summed E-state index contributed by atoms with van der Waals surface area (Å²) in [5.74, 6) is 2.09. The maximum Gasteiger partial charge on any atom is 0.403 e. The minimum Gasteiger partial charge on any atom is -0.356 e. The molecule has 2 aliphatic rings. The molecular weight excluding hydrogens is 482 g/mol. The Balaban J connectivity index is 0.00000392. The zero-order valence-electron chi connectivity index (χ0n) is 17.6. The van der Waals surface area contributed by atoms with Crippen molar-refractivity contribution >= 4 is 29.9 Å². The second kappa shape index (κ2) is 11.8. The molecule has 0 aromatic carbocycles. The normalized spacial score (nSPS) is 24.2. The molecule has 0 amide bonds. The van der Waals surface area contributed by atoms with Crippen LogP contribution in [0.25, 0.3) is 0 Å². The number of rotatable bonds is 5. The van der Waals surface area contributed by atoms with Gasteiger partial charge in [-0.1, -0.05) is 13.8 Å². The summed E-state index contributed by atoms with van der Waals surface area (Å²) in [5, 5.41) is 3.47. The van der Waals surface area contributed by atoms with Crippen molar-refractivity contribution < 1.29 is 13.2 Å². The fourth-order valence-corrected chi connectivity index (χ4v) is 4.10. The van der Waals surface area contributed by atoms with Crippen molar-refractivity contribution in [3.8, 4) is 0 Å². The van der Waals surface area contributed by atoms with E-state index in [9.17, 15) is 13.2 Å². The van der Waals surface area contributed by atoms with Crippen molar-refractivity contribution in [2.24, 2.45) is 16.8 Å². The van der Waals surface area contributed by atoms with Crippen LogP contribution in [0.4, 0.5) is 13.2 Å². The predicted molar refractivity (Wildman–Crippen MR) is 119 cm³/mol. The molecule has 2 aliphatic heterocycles. The Hall–Kier alpha value is -0.290. The lowest BCUT2D eigenvalue weighted by atomic mass is 9.97. The van der Waals surface area contributed by atoms with E-state index in [0.29, 0.717) is 38.0 Å². The van der Waals surface area contributed by atoms with Gasteiger partial charge in [0.1, 0.15) is 6.04 Å². The first kappa shape index (κ1) is 25.7. The first-order chi connectivity index (χ1) is 12.7. The molecule has 2 unspecified atom stereocenters. The van der Waals surface area contributed by atoms with E-state index >= 15 is 0 Å². The lowest BCUT2D eigenvalue weighted by Gasteiger charge is -2.40. The molecule has 0 saturated carbocycles. The van der Waals surface area contributed by atoms with E-state index in [2.05, 4.69) is 34.0 Å². The number of nitrogens with one attached hydrogen (secondary N) is 1. The largest absolute Gasteiger partial charge is 0.403 e. The third kappa shape index (κ3) is 7.85. The average molecular weight is 519 g/mol. The third-order valence-electron chi connectivity index (χ3n) is 5.62. The van der Waals surface area contributed by atoms with Crippen LogP contribution in [0, 0.1) is 11.8 Å². The monoisotopic (exact) mass is 519 g/mol. The van der Waals surface area contributed by atoms with E-state index < -0.39 is 12.2 Å². The number of alkyl halides is 3. The van der Waals surface area contributed by atoms with Crippen LogP contribution in [-0.2, 0) is 0 Å². The maximum absolute atomic E-state index is 12.9. The number of hydrogen-bond acceptors (Lipinski definition) is 3. The number of piperidine rings is 1. The molecule has 0 radical (unpaired) electrons. The molecule has 0 spiro atoms. The van der Waals surface area contributed by atoms with Crippen LogP contribution in [-0.4, -0.2) is 92.3 Å². The second-order valence-corrected chi connectivity index (χ2v) is 8.33. The SMILES string of the molecule is CN=C(NCC1CCCN(CC(C)C)C1)N1CCN(C(C)C(F)(F)F)CC1.I. The van der Waals surface area contributed by atoms with Gasteiger partial charge in [0.2, 0.25) is 0 Å². The van der Waals surface area contributed by atoms with E-state index in [-0.39, 0.29) is 24.0 Å². The van der Waals surface area contributed by atoms with E-state index in [1.807, 2.05) is 0 Å². The van der Waals surface area contributed by atoms with Gasteiger partial charge < -0.3 is 15.1 Å². The molecule has 0 aliphatic carbocycles. The van der Waals surface area contributed by atoms with Crippen LogP contribution in [0.3, 0.4) is 0 Å². The number of aliphatic imine (C=N–C) groups is 1. The number of piperazine rings is 1. The highest BCUT2D eigenvalue weighted by Crippen LogP contribution is 2.25. The van der Waals surface area contributed by atoms with Gasteiger partial charge in [-0.25, -0.2) is 0 Å². The number of halogens is 4. The van der Waals surface area contributed by atoms with Crippen LogP contribution >= 0.6 is 24.0 Å². The highest BCUT2D eigenvalue weighted by molar-refractivity contribution is 14.0. The van der Waals surface area contributed by atoms with Gasteiger partial charge >= 0.3 is 6.18 Å². The standard InChI is InChI=1S/C19H36F3N5.HI/c1-15(2)13-25-7-5-6-17(14-25)12-24-18(23-4)27-10-8-26(9-11-27)16(3)19(20,21)22;/h15-17H,5-14H2,1-4H3,(H,23,24);1H. The van der Waals surface area contributed by atoms with Gasteiger partial charge in [0.15, 0.2) is 5.96 Å². The smallest absolute Gasteiger partial charge is 0.356 e. The zero-order valence-corrected chi connectivity index (χ0v) is 20.0. The average Bonchev–Trinajstić information content (AvgIpc) is 2.61. The lowest BCUT2D eigenvalue weighted by molar-refractivity contribution is -0.181. The van der Waals surface area contributed by atoms with Gasteiger partial charge in [-0.15, -0.1) is 24.0 Å². The molecule has 28 heavy (non-hydrogen) atoms. The summed E-state index contributed by atoms with van der Waals surface area (Å²) < 4.78 is 38.7. The third-order valence-corrected chi connectivity index (χ3v) is 5.62. The van der Waals surface area contributed by atoms with Crippen molar-refractivity contribution in [3.63, 3.8) is 0 Å². The topological polar surface area (TPSA) is 34.1 Å². The Labute approximate surface area is 185 Å². The molecule has 1 N–H and O–H groups in total. The number of likely N-dealkylation sites (tertiary alicyclic amines) is 1. The lowest BCUT2D eigenvalue weighted by Crippen LogP contribution is -2.57. The summed E-state index contributed by atoms with van der Waals surface area (Å²) in [7, 11) is 1.75. The molecule has 0 aromatic heterocycles. The van der Waals surface area contributed by atoms with Gasteiger partial charge in [-0.3, -0.25) is 9.89 Å². The molecule has 0 aromatic rings. The van der Waals surface area contributed by atoms with Gasteiger partial charge in [-0.2, -0.15) is 13.2 Å². The quantitative estimate of drug-likeness (QED) is 0.344. The van der Waals surface area contributed by atoms with Gasteiger partial charge in [0.05, 0.1) is 0 Å². The van der Waals surface area contributed by atoms with Crippen molar-refractivity contribution in [2.45, 2.75) is 45.8 Å². The molecule has 2 atom stereocenters. The van der Waals surface area contributed by atoms with E-state index in [1.165, 1.54) is 31.2 Å². The van der Waals surface area contributed by atoms with Crippen molar-refractivity contribution in [2.75, 3.05) is 59.4 Å². The van der Waals surface area contributed by atoms with Gasteiger partial charge in [0, 0.05) is 52.9 Å². The Kier molecular flexibility index (Phi) is 10.8. The zero-order chi connectivity index (χ0) is 20.0. The highest BCUT2D eigenvalue weighted by atomic mass is 127. The Morgan fingerprint density at radius 1 is 1.11 bits per heavy atom. The molecule has 2 fully saturated rings. The Morgan fingerprint density at radius 3 is 2.29 bits per heavy atom. The summed E-state index contributed by atoms with van der Waals surface area (Å²) in [6, 6.07) is -1.39. The summed E-state index contributed by atoms with van der Waals surface area (Å²) >= 11 is 0. The number of nitrogens with zero attached hydrogens (tertiary/aromatic N) is 4. The molecule has 2 heterocycles. The van der Waals surface area contributed by atoms with Crippen LogP contribution in [0.5, 0.6) is 0 Å². The second-order valence-electron chi connectivity index (χ2n) is 8.33. The van der Waals surface area contributed by atoms with Crippen molar-refractivity contribution in [1.29, 1.82) is 0 Å². The van der Waals surface area contributed by atoms with E-state index in [1.54, 1.807) is 7.05 Å². The summed E-state index contributed by atoms with van der Waals surface area (Å²) in [6.45, 7) is 12.0. The minimum atomic E-state index is -4.16. The molecule has 2 rings (SSSR count). The molecule has 166 valence electrons. The Morgan fingerprint density at radius 2 is 1.75 bits per heavy atom. The number of hydrogen-bond donors (Lipinski definition) is 1. The first-order valence-electron chi connectivity index (χ1n) is 10.2. The summed E-state index contributed by atoms with van der Waals surface area (Å²) in [4.78, 5) is 10.5. The Bertz CT molecular complexity index is 479. The van der Waals surface area contributed by atoms with Crippen LogP contribution in [0.15, 0.2) is 4.99 Å². The fourth-order valence-electron chi connectivity index (χ4n) is 4.10. The molecule has 0 bridgehead atoms. The van der Waals surface area contributed by atoms with Crippen molar-refractivity contribution in [1.82, 2.24) is 20.0 Å². The first-order valence-corrected chi connectivity index (χ1v) is 10.2. The van der Waals surface area contributed by atoms with Crippen LogP contribution in [0.1, 0.15) is 33.6 Å². The molecule has 5 nitrogen and oxygen atoms in total. The van der Waals surface area contributed by atoms with E-state index in [4.69, 9.17) is 0 Å². The van der Waals surface area contributed by atoms with Gasteiger partial charge in [0.25, 0.3) is 0 Å². The fraction of sp³-hybridized carbons (Fsp3) is 0.947. The van der Waals surface area contributed by atoms with Crippen LogP contribution < -0.4 is 5.32 Å². The molecular formula is C19H37F3IN5. The summed E-state index contributed by atoms with van der Waals surface area (Å²) in [6.07, 6.45) is -1.72. The predicted octanol–water partition coefficient (Wildman–Crippen LogP) is 3.12. The highest BCUT2D eigenvalue weighted by Gasteiger charge is 2.41. The summed E-state index contributed by atoms with van der Waals surface area (Å²) in [5.41, 5.74) is 0. The molecule has 2 saturated heterocycles.